The van der Waals surface area contributed by atoms with E-state index in [1.54, 1.807) is 13.2 Å². The molecule has 0 amide bonds. The number of methoxy groups -OCH3 is 1. The Morgan fingerprint density at radius 1 is 1.06 bits per heavy atom. The molecular weight excluding hydrogens is 404 g/mol. The van der Waals surface area contributed by atoms with Crippen molar-refractivity contribution in [3.63, 3.8) is 0 Å². The lowest BCUT2D eigenvalue weighted by Gasteiger charge is -2.19. The summed E-state index contributed by atoms with van der Waals surface area (Å²) in [5.41, 5.74) is 3.49. The second kappa shape index (κ2) is 14.3. The fourth-order valence-corrected chi connectivity index (χ4v) is 3.51. The Labute approximate surface area is 192 Å². The van der Waals surface area contributed by atoms with E-state index in [1.165, 1.54) is 11.1 Å². The number of unbranched alkanes of at least 4 members (excludes halogenated alkanes) is 1. The van der Waals surface area contributed by atoms with E-state index in [0.717, 1.165) is 55.2 Å². The van der Waals surface area contributed by atoms with E-state index in [0.29, 0.717) is 19.6 Å². The lowest BCUT2D eigenvalue weighted by Crippen LogP contribution is -2.06. The van der Waals surface area contributed by atoms with Crippen molar-refractivity contribution >= 4 is 5.97 Å². The summed E-state index contributed by atoms with van der Waals surface area (Å²) < 4.78 is 17.2. The molecule has 5 nitrogen and oxygen atoms in total. The fourth-order valence-electron chi connectivity index (χ4n) is 3.51. The standard InChI is InChI=1S/C27H36O5/c1-4-6-19-32-26-20-23(25(31-5-2)11-8-12-27(28)29)16-15-22(26)10-7-9-21-13-17-24(30-3)18-14-21/h8,12-18,20,25H,4-7,9-11,19H2,1-3H3,(H,28,29). The zero-order chi connectivity index (χ0) is 23.2. The summed E-state index contributed by atoms with van der Waals surface area (Å²) in [4.78, 5) is 10.8. The van der Waals surface area contributed by atoms with Crippen LogP contribution in [0, 0.1) is 0 Å². The first-order valence-electron chi connectivity index (χ1n) is 11.5. The number of carboxylic acid groups (broad SMARTS) is 1. The van der Waals surface area contributed by atoms with Crippen molar-refractivity contribution < 1.29 is 24.1 Å². The molecule has 2 aromatic rings. The van der Waals surface area contributed by atoms with E-state index in [-0.39, 0.29) is 6.10 Å². The second-order valence-electron chi connectivity index (χ2n) is 7.69. The molecule has 2 rings (SSSR count). The smallest absolute Gasteiger partial charge is 0.327 e. The van der Waals surface area contributed by atoms with E-state index in [2.05, 4.69) is 37.3 Å². The predicted molar refractivity (Wildman–Crippen MR) is 128 cm³/mol. The maximum absolute atomic E-state index is 10.8. The summed E-state index contributed by atoms with van der Waals surface area (Å²) in [6.07, 6.45) is 8.13. The van der Waals surface area contributed by atoms with E-state index in [1.807, 2.05) is 19.1 Å². The molecule has 0 saturated carbocycles. The first-order valence-corrected chi connectivity index (χ1v) is 11.5. The molecule has 0 bridgehead atoms. The van der Waals surface area contributed by atoms with E-state index < -0.39 is 5.97 Å². The lowest BCUT2D eigenvalue weighted by atomic mass is 9.99. The summed E-state index contributed by atoms with van der Waals surface area (Å²) in [5.74, 6) is 0.826. The molecule has 0 saturated heterocycles. The van der Waals surface area contributed by atoms with Gasteiger partial charge >= 0.3 is 5.97 Å². The third-order valence-electron chi connectivity index (χ3n) is 5.27. The van der Waals surface area contributed by atoms with Gasteiger partial charge in [0.2, 0.25) is 0 Å². The van der Waals surface area contributed by atoms with E-state index in [4.69, 9.17) is 19.3 Å². The van der Waals surface area contributed by atoms with Crippen molar-refractivity contribution in [1.82, 2.24) is 0 Å². The molecule has 2 aromatic carbocycles. The van der Waals surface area contributed by atoms with Crippen molar-refractivity contribution in [2.45, 2.75) is 58.5 Å². The highest BCUT2D eigenvalue weighted by Crippen LogP contribution is 2.30. The van der Waals surface area contributed by atoms with Crippen LogP contribution in [0.5, 0.6) is 11.5 Å². The molecule has 0 heterocycles. The molecule has 0 fully saturated rings. The highest BCUT2D eigenvalue weighted by atomic mass is 16.5. The van der Waals surface area contributed by atoms with Gasteiger partial charge in [-0.05, 0) is 73.9 Å². The number of ether oxygens (including phenoxy) is 3. The minimum atomic E-state index is -0.948. The van der Waals surface area contributed by atoms with Crippen molar-refractivity contribution in [2.24, 2.45) is 0 Å². The minimum Gasteiger partial charge on any atom is -0.497 e. The molecule has 5 heteroatoms. The Hall–Kier alpha value is -2.79. The third-order valence-corrected chi connectivity index (χ3v) is 5.27. The Bertz CT molecular complexity index is 842. The predicted octanol–water partition coefficient (Wildman–Crippen LogP) is 6.16. The Balaban J connectivity index is 2.11. The molecule has 32 heavy (non-hydrogen) atoms. The summed E-state index contributed by atoms with van der Waals surface area (Å²) in [6.45, 7) is 5.33. The van der Waals surface area contributed by atoms with Crippen LogP contribution in [0.1, 0.15) is 62.3 Å². The van der Waals surface area contributed by atoms with Crippen LogP contribution < -0.4 is 9.47 Å². The van der Waals surface area contributed by atoms with Crippen molar-refractivity contribution in [3.05, 3.63) is 71.3 Å². The SMILES string of the molecule is CCCCOc1cc(C(CC=CC(=O)O)OCC)ccc1CCCc1ccc(OC)cc1. The highest BCUT2D eigenvalue weighted by molar-refractivity contribution is 5.79. The van der Waals surface area contributed by atoms with Crippen LogP contribution in [-0.4, -0.2) is 31.4 Å². The molecule has 0 aromatic heterocycles. The number of aryl methyl sites for hydroxylation is 2. The summed E-state index contributed by atoms with van der Waals surface area (Å²) in [5, 5.41) is 8.86. The number of hydrogen-bond donors (Lipinski definition) is 1. The maximum atomic E-state index is 10.8. The van der Waals surface area contributed by atoms with Crippen LogP contribution in [-0.2, 0) is 22.4 Å². The van der Waals surface area contributed by atoms with Crippen LogP contribution in [0.25, 0.3) is 0 Å². The molecule has 174 valence electrons. The topological polar surface area (TPSA) is 65.0 Å². The van der Waals surface area contributed by atoms with E-state index in [9.17, 15) is 4.79 Å². The Kier molecular flexibility index (Phi) is 11.4. The second-order valence-corrected chi connectivity index (χ2v) is 7.69. The van der Waals surface area contributed by atoms with Crippen LogP contribution >= 0.6 is 0 Å². The number of carboxylic acids is 1. The van der Waals surface area contributed by atoms with Crippen LogP contribution in [0.3, 0.4) is 0 Å². The third kappa shape index (κ3) is 8.75. The van der Waals surface area contributed by atoms with Crippen molar-refractivity contribution in [3.8, 4) is 11.5 Å². The number of carbonyl (C=O) groups is 1. The summed E-state index contributed by atoms with van der Waals surface area (Å²) >= 11 is 0. The Morgan fingerprint density at radius 3 is 2.50 bits per heavy atom. The summed E-state index contributed by atoms with van der Waals surface area (Å²) in [7, 11) is 1.68. The lowest BCUT2D eigenvalue weighted by molar-refractivity contribution is -0.131. The molecular formula is C27H36O5. The largest absolute Gasteiger partial charge is 0.497 e. The van der Waals surface area contributed by atoms with Crippen molar-refractivity contribution in [2.75, 3.05) is 20.3 Å². The molecule has 0 aliphatic heterocycles. The number of aliphatic carboxylic acids is 1. The molecule has 0 aliphatic rings. The van der Waals surface area contributed by atoms with Gasteiger partial charge in [-0.15, -0.1) is 0 Å². The number of rotatable bonds is 15. The van der Waals surface area contributed by atoms with Gasteiger partial charge in [-0.3, -0.25) is 0 Å². The van der Waals surface area contributed by atoms with Gasteiger partial charge in [-0.2, -0.15) is 0 Å². The minimum absolute atomic E-state index is 0.197. The quantitative estimate of drug-likeness (QED) is 0.265. The molecule has 1 N–H and O–H groups in total. The fraction of sp³-hybridized carbons (Fsp3) is 0.444. The first kappa shape index (κ1) is 25.5. The van der Waals surface area contributed by atoms with Gasteiger partial charge in [0.15, 0.2) is 0 Å². The van der Waals surface area contributed by atoms with Gasteiger partial charge in [-0.1, -0.05) is 43.7 Å². The first-order chi connectivity index (χ1) is 15.6. The van der Waals surface area contributed by atoms with Crippen LogP contribution in [0.2, 0.25) is 0 Å². The van der Waals surface area contributed by atoms with Crippen LogP contribution in [0.4, 0.5) is 0 Å². The van der Waals surface area contributed by atoms with Gasteiger partial charge in [0.25, 0.3) is 0 Å². The average Bonchev–Trinajstić information content (AvgIpc) is 2.79. The molecule has 0 aliphatic carbocycles. The van der Waals surface area contributed by atoms with Gasteiger partial charge in [-0.25, -0.2) is 4.79 Å². The average molecular weight is 441 g/mol. The zero-order valence-electron chi connectivity index (χ0n) is 19.5. The highest BCUT2D eigenvalue weighted by Gasteiger charge is 2.14. The van der Waals surface area contributed by atoms with Gasteiger partial charge in [0, 0.05) is 12.7 Å². The molecule has 0 radical (unpaired) electrons. The van der Waals surface area contributed by atoms with Gasteiger partial charge in [0.1, 0.15) is 11.5 Å². The molecule has 0 spiro atoms. The Morgan fingerprint density at radius 2 is 1.84 bits per heavy atom. The molecule has 1 atom stereocenters. The number of hydrogen-bond acceptors (Lipinski definition) is 4. The van der Waals surface area contributed by atoms with Gasteiger partial charge < -0.3 is 19.3 Å². The zero-order valence-corrected chi connectivity index (χ0v) is 19.5. The van der Waals surface area contributed by atoms with Crippen molar-refractivity contribution in [1.29, 1.82) is 0 Å². The van der Waals surface area contributed by atoms with Gasteiger partial charge in [0.05, 0.1) is 19.8 Å². The molecule has 1 unspecified atom stereocenters. The summed E-state index contributed by atoms with van der Waals surface area (Å²) in [6, 6.07) is 14.5. The monoisotopic (exact) mass is 440 g/mol. The van der Waals surface area contributed by atoms with Crippen LogP contribution in [0.15, 0.2) is 54.6 Å². The maximum Gasteiger partial charge on any atom is 0.327 e. The van der Waals surface area contributed by atoms with E-state index >= 15 is 0 Å². The normalized spacial score (nSPS) is 12.1. The number of benzene rings is 2.